The maximum Gasteiger partial charge on any atom is 0.257 e. The highest BCUT2D eigenvalue weighted by Crippen LogP contribution is 2.29. The van der Waals surface area contributed by atoms with Gasteiger partial charge in [-0.05, 0) is 44.4 Å². The molecule has 0 radical (unpaired) electrons. The summed E-state index contributed by atoms with van der Waals surface area (Å²) in [5, 5.41) is 4.48. The van der Waals surface area contributed by atoms with E-state index in [1.54, 1.807) is 23.9 Å². The Balaban J connectivity index is 1.63. The molecule has 1 aliphatic heterocycles. The number of aromatic nitrogens is 3. The molecule has 3 heterocycles. The molecule has 1 amide bonds. The van der Waals surface area contributed by atoms with E-state index in [2.05, 4.69) is 16.7 Å². The van der Waals surface area contributed by atoms with Crippen LogP contribution >= 0.6 is 0 Å². The van der Waals surface area contributed by atoms with Crippen molar-refractivity contribution in [2.45, 2.75) is 39.3 Å². The van der Waals surface area contributed by atoms with Gasteiger partial charge in [0.05, 0.1) is 30.2 Å². The largest absolute Gasteiger partial charge is 0.493 e. The molecule has 8 heteroatoms. The molecule has 0 bridgehead atoms. The molecule has 1 aliphatic rings. The van der Waals surface area contributed by atoms with Crippen LogP contribution in [-0.4, -0.2) is 58.4 Å². The van der Waals surface area contributed by atoms with Crippen molar-refractivity contribution in [3.63, 3.8) is 0 Å². The zero-order chi connectivity index (χ0) is 23.4. The number of aryl methyl sites for hydroxylation is 2. The van der Waals surface area contributed by atoms with Crippen molar-refractivity contribution in [2.24, 2.45) is 0 Å². The summed E-state index contributed by atoms with van der Waals surface area (Å²) in [7, 11) is 1.60. The minimum atomic E-state index is -0.100. The summed E-state index contributed by atoms with van der Waals surface area (Å²) in [4.78, 5) is 20.0. The molecule has 1 saturated heterocycles. The number of amides is 1. The number of nitrogens with zero attached hydrogens (tertiary/aromatic N) is 4. The van der Waals surface area contributed by atoms with Gasteiger partial charge in [-0.25, -0.2) is 9.50 Å². The van der Waals surface area contributed by atoms with Crippen LogP contribution in [0.4, 0.5) is 0 Å². The van der Waals surface area contributed by atoms with E-state index in [0.29, 0.717) is 36.8 Å². The first-order chi connectivity index (χ1) is 16.0. The third kappa shape index (κ3) is 5.01. The number of benzene rings is 1. The highest BCUT2D eigenvalue weighted by atomic mass is 16.5. The van der Waals surface area contributed by atoms with Crippen LogP contribution in [0, 0.1) is 13.8 Å². The van der Waals surface area contributed by atoms with Crippen LogP contribution in [-0.2, 0) is 11.3 Å². The first-order valence-corrected chi connectivity index (χ1v) is 11.1. The minimum Gasteiger partial charge on any atom is -0.493 e. The molecule has 33 heavy (non-hydrogen) atoms. The van der Waals surface area contributed by atoms with E-state index in [4.69, 9.17) is 14.2 Å². The fourth-order valence-corrected chi connectivity index (χ4v) is 4.10. The third-order valence-corrected chi connectivity index (χ3v) is 5.77. The van der Waals surface area contributed by atoms with Crippen LogP contribution in [0.3, 0.4) is 0 Å². The molecule has 3 aromatic rings. The molecule has 1 aromatic carbocycles. The molecule has 1 fully saturated rings. The molecule has 2 aromatic heterocycles. The average molecular weight is 451 g/mol. The van der Waals surface area contributed by atoms with Crippen LogP contribution in [0.15, 0.2) is 43.1 Å². The molecule has 0 spiro atoms. The van der Waals surface area contributed by atoms with Crippen LogP contribution in [0.25, 0.3) is 5.65 Å². The summed E-state index contributed by atoms with van der Waals surface area (Å²) in [5.74, 6) is 1.15. The van der Waals surface area contributed by atoms with Crippen LogP contribution in [0.2, 0.25) is 0 Å². The molecular formula is C25H30N4O4. The summed E-state index contributed by atoms with van der Waals surface area (Å²) in [5.41, 5.74) is 3.82. The van der Waals surface area contributed by atoms with Gasteiger partial charge in [0, 0.05) is 32.0 Å². The molecule has 4 rings (SSSR count). The molecule has 8 nitrogen and oxygen atoms in total. The van der Waals surface area contributed by atoms with Gasteiger partial charge in [-0.3, -0.25) is 4.79 Å². The lowest BCUT2D eigenvalue weighted by molar-refractivity contribution is 0.0505. The Morgan fingerprint density at radius 3 is 2.91 bits per heavy atom. The minimum absolute atomic E-state index is 0.0231. The quantitative estimate of drug-likeness (QED) is 0.462. The van der Waals surface area contributed by atoms with Crippen molar-refractivity contribution in [3.05, 3.63) is 65.6 Å². The number of fused-ring (bicyclic) bond motifs is 1. The monoisotopic (exact) mass is 450 g/mol. The number of carbonyl (C=O) groups excluding carboxylic acids is 1. The Bertz CT molecular complexity index is 1150. The second-order valence-corrected chi connectivity index (χ2v) is 8.22. The maximum atomic E-state index is 13.7. The molecular weight excluding hydrogens is 420 g/mol. The van der Waals surface area contributed by atoms with E-state index in [1.165, 1.54) is 0 Å². The van der Waals surface area contributed by atoms with Crippen molar-refractivity contribution in [2.75, 3.05) is 26.9 Å². The van der Waals surface area contributed by atoms with Crippen molar-refractivity contribution in [1.29, 1.82) is 0 Å². The first kappa shape index (κ1) is 22.8. The standard InChI is InChI=1S/C25H30N4O4/c1-5-10-33-22-9-8-19(13-23(22)31-4)15-28(16-20-7-6-11-32-20)25(30)21-14-26-24-12-17(2)27-29(24)18(21)3/h5,8-9,12-14,20H,1,6-7,10-11,15-16H2,2-4H3. The van der Waals surface area contributed by atoms with Crippen molar-refractivity contribution < 1.29 is 19.0 Å². The average Bonchev–Trinajstić information content (AvgIpc) is 3.46. The zero-order valence-corrected chi connectivity index (χ0v) is 19.4. The summed E-state index contributed by atoms with van der Waals surface area (Å²) in [6.45, 7) is 9.52. The molecule has 0 aliphatic carbocycles. The van der Waals surface area contributed by atoms with E-state index in [0.717, 1.165) is 42.0 Å². The summed E-state index contributed by atoms with van der Waals surface area (Å²) < 4.78 is 18.7. The van der Waals surface area contributed by atoms with Crippen molar-refractivity contribution >= 4 is 11.6 Å². The Morgan fingerprint density at radius 2 is 2.18 bits per heavy atom. The SMILES string of the molecule is C=CCOc1ccc(CN(CC2CCCO2)C(=O)c2cnc3cc(C)nn3c2C)cc1OC. The van der Waals surface area contributed by atoms with Gasteiger partial charge < -0.3 is 19.1 Å². The lowest BCUT2D eigenvalue weighted by Crippen LogP contribution is -2.37. The Morgan fingerprint density at radius 1 is 1.33 bits per heavy atom. The first-order valence-electron chi connectivity index (χ1n) is 11.1. The van der Waals surface area contributed by atoms with Crippen molar-refractivity contribution in [3.8, 4) is 11.5 Å². The number of ether oxygens (including phenoxy) is 3. The number of carbonyl (C=O) groups is 1. The molecule has 0 N–H and O–H groups in total. The predicted molar refractivity (Wildman–Crippen MR) is 125 cm³/mol. The zero-order valence-electron chi connectivity index (χ0n) is 19.4. The van der Waals surface area contributed by atoms with Crippen molar-refractivity contribution in [1.82, 2.24) is 19.5 Å². The third-order valence-electron chi connectivity index (χ3n) is 5.77. The van der Waals surface area contributed by atoms with E-state index in [9.17, 15) is 4.79 Å². The number of methoxy groups -OCH3 is 1. The second kappa shape index (κ2) is 10.0. The van der Waals surface area contributed by atoms with Gasteiger partial charge in [0.1, 0.15) is 6.61 Å². The smallest absolute Gasteiger partial charge is 0.257 e. The Labute approximate surface area is 193 Å². The molecule has 1 atom stereocenters. The summed E-state index contributed by atoms with van der Waals surface area (Å²) >= 11 is 0. The highest BCUT2D eigenvalue weighted by molar-refractivity contribution is 5.95. The maximum absolute atomic E-state index is 13.7. The topological polar surface area (TPSA) is 78.2 Å². The fraction of sp³-hybridized carbons (Fsp3) is 0.400. The summed E-state index contributed by atoms with van der Waals surface area (Å²) in [6, 6.07) is 7.60. The fourth-order valence-electron chi connectivity index (χ4n) is 4.10. The Hall–Kier alpha value is -3.39. The van der Waals surface area contributed by atoms with Gasteiger partial charge in [-0.2, -0.15) is 5.10 Å². The highest BCUT2D eigenvalue weighted by Gasteiger charge is 2.26. The van der Waals surface area contributed by atoms with E-state index in [1.807, 2.05) is 43.0 Å². The van der Waals surface area contributed by atoms with Gasteiger partial charge in [0.2, 0.25) is 0 Å². The Kier molecular flexibility index (Phi) is 6.93. The van der Waals surface area contributed by atoms with E-state index < -0.39 is 0 Å². The van der Waals surface area contributed by atoms with E-state index in [-0.39, 0.29) is 12.0 Å². The lowest BCUT2D eigenvalue weighted by atomic mass is 10.1. The lowest BCUT2D eigenvalue weighted by Gasteiger charge is -2.26. The molecule has 0 saturated carbocycles. The summed E-state index contributed by atoms with van der Waals surface area (Å²) in [6.07, 6.45) is 5.30. The second-order valence-electron chi connectivity index (χ2n) is 8.22. The van der Waals surface area contributed by atoms with Gasteiger partial charge in [-0.1, -0.05) is 18.7 Å². The van der Waals surface area contributed by atoms with Gasteiger partial charge in [-0.15, -0.1) is 0 Å². The molecule has 174 valence electrons. The van der Waals surface area contributed by atoms with Gasteiger partial charge >= 0.3 is 0 Å². The number of hydrogen-bond donors (Lipinski definition) is 0. The van der Waals surface area contributed by atoms with Gasteiger partial charge in [0.15, 0.2) is 17.1 Å². The van der Waals surface area contributed by atoms with E-state index >= 15 is 0 Å². The van der Waals surface area contributed by atoms with Gasteiger partial charge in [0.25, 0.3) is 5.91 Å². The normalized spacial score (nSPS) is 15.5. The van der Waals surface area contributed by atoms with Crippen LogP contribution in [0.1, 0.15) is 40.2 Å². The van der Waals surface area contributed by atoms with Crippen LogP contribution < -0.4 is 9.47 Å². The predicted octanol–water partition coefficient (Wildman–Crippen LogP) is 3.74. The number of hydrogen-bond acceptors (Lipinski definition) is 6. The molecule has 1 unspecified atom stereocenters. The van der Waals surface area contributed by atoms with Crippen LogP contribution in [0.5, 0.6) is 11.5 Å². The number of rotatable bonds is 9.